The number of hydrogen-bond donors (Lipinski definition) is 2. The van der Waals surface area contributed by atoms with Crippen LogP contribution in [0.15, 0.2) is 29.6 Å². The summed E-state index contributed by atoms with van der Waals surface area (Å²) in [6.07, 6.45) is 5.06. The third-order valence-corrected chi connectivity index (χ3v) is 11.5. The van der Waals surface area contributed by atoms with Crippen molar-refractivity contribution in [2.45, 2.75) is 123 Å². The van der Waals surface area contributed by atoms with Gasteiger partial charge in [0.1, 0.15) is 46.3 Å². The van der Waals surface area contributed by atoms with Crippen molar-refractivity contribution < 1.29 is 57.1 Å². The van der Waals surface area contributed by atoms with Crippen molar-refractivity contribution in [3.63, 3.8) is 0 Å². The van der Waals surface area contributed by atoms with Crippen molar-refractivity contribution >= 4 is 41.1 Å². The molecule has 18 heteroatoms. The average molecular weight is 918 g/mol. The van der Waals surface area contributed by atoms with Crippen LogP contribution in [0.3, 0.4) is 0 Å². The van der Waals surface area contributed by atoms with Gasteiger partial charge in [-0.05, 0) is 92.2 Å². The zero-order chi connectivity index (χ0) is 46.7. The van der Waals surface area contributed by atoms with Gasteiger partial charge in [-0.15, -0.1) is 11.3 Å². The Morgan fingerprint density at radius 3 is 2.05 bits per heavy atom. The molecule has 358 valence electrons. The largest absolute Gasteiger partial charge is 0.491 e. The highest BCUT2D eigenvalue weighted by molar-refractivity contribution is 7.10. The number of ketones is 1. The van der Waals surface area contributed by atoms with E-state index in [2.05, 4.69) is 10.6 Å². The molecule has 1 saturated heterocycles. The lowest BCUT2D eigenvalue weighted by Gasteiger charge is -2.36. The van der Waals surface area contributed by atoms with E-state index >= 15 is 0 Å². The summed E-state index contributed by atoms with van der Waals surface area (Å²) in [6, 6.07) is 5.00. The van der Waals surface area contributed by atoms with Gasteiger partial charge in [0.15, 0.2) is 0 Å². The number of thiazole rings is 1. The summed E-state index contributed by atoms with van der Waals surface area (Å²) in [7, 11) is 1.52. The molecule has 1 aliphatic carbocycles. The maximum Gasteiger partial charge on any atom is 0.410 e. The smallest absolute Gasteiger partial charge is 0.410 e. The monoisotopic (exact) mass is 917 g/mol. The predicted molar refractivity (Wildman–Crippen MR) is 241 cm³/mol. The quantitative estimate of drug-likeness (QED) is 0.0878. The van der Waals surface area contributed by atoms with E-state index in [1.54, 1.807) is 78.1 Å². The van der Waals surface area contributed by atoms with Gasteiger partial charge in [0.25, 0.3) is 0 Å². The number of alkyl carbamates (subject to hydrolysis) is 1. The molecule has 0 spiro atoms. The number of ether oxygens (including phenoxy) is 7. The van der Waals surface area contributed by atoms with Crippen LogP contribution in [0.2, 0.25) is 0 Å². The SMILES string of the molecule is C[C@@H](C(=O)N[C@H](C(=O)N1CCC[C@H]1c1nc(C(=O)c2cccc(OCCOCCOCCOCCOCCNC(=O)OC(C)(C)C)c2)cs1)C1CCCCC1)N(C)C(=O)OC(C)(C)C. The Kier molecular flexibility index (Phi) is 21.2. The number of aromatic nitrogens is 1. The molecular formula is C46H71N5O12S. The molecular weight excluding hydrogens is 847 g/mol. The number of nitrogens with zero attached hydrogens (tertiary/aromatic N) is 3. The van der Waals surface area contributed by atoms with Gasteiger partial charge in [-0.25, -0.2) is 14.6 Å². The van der Waals surface area contributed by atoms with Crippen molar-refractivity contribution in [3.05, 3.63) is 45.9 Å². The second-order valence-corrected chi connectivity index (χ2v) is 18.9. The van der Waals surface area contributed by atoms with Crippen molar-refractivity contribution in [1.82, 2.24) is 25.4 Å². The van der Waals surface area contributed by atoms with E-state index in [-0.39, 0.29) is 30.3 Å². The predicted octanol–water partition coefficient (Wildman–Crippen LogP) is 6.33. The molecule has 2 aliphatic rings. The number of benzene rings is 1. The second-order valence-electron chi connectivity index (χ2n) is 18.0. The van der Waals surface area contributed by atoms with Crippen LogP contribution in [0.4, 0.5) is 9.59 Å². The number of likely N-dealkylation sites (N-methyl/N-ethyl adjacent to an activating group) is 1. The van der Waals surface area contributed by atoms with Crippen LogP contribution in [0.1, 0.15) is 121 Å². The van der Waals surface area contributed by atoms with Crippen molar-refractivity contribution in [1.29, 1.82) is 0 Å². The van der Waals surface area contributed by atoms with Crippen molar-refractivity contribution in [2.24, 2.45) is 5.92 Å². The molecule has 0 unspecified atom stereocenters. The fourth-order valence-corrected chi connectivity index (χ4v) is 8.14. The van der Waals surface area contributed by atoms with Crippen LogP contribution in [0.5, 0.6) is 5.75 Å². The lowest BCUT2D eigenvalue weighted by atomic mass is 9.83. The van der Waals surface area contributed by atoms with Crippen LogP contribution in [-0.4, -0.2) is 147 Å². The van der Waals surface area contributed by atoms with Crippen LogP contribution >= 0.6 is 11.3 Å². The number of amides is 4. The standard InChI is InChI=1S/C46H71N5O12S/c1-32(50(8)44(56)63-46(5,6)7)40(53)49-38(33-14-10-9-11-15-33)42(54)51-20-13-18-37(51)41-48-36(31-64-41)39(52)34-16-12-17-35(30-34)61-29-28-60-27-26-59-25-24-58-23-22-57-21-19-47-43(55)62-45(2,3)4/h12,16-17,30-33,37-38H,9-11,13-15,18-29H2,1-8H3,(H,47,55)(H,49,53)/t32-,37-,38-/m0/s1. The van der Waals surface area contributed by atoms with Gasteiger partial charge in [-0.2, -0.15) is 0 Å². The summed E-state index contributed by atoms with van der Waals surface area (Å²) in [5, 5.41) is 8.08. The van der Waals surface area contributed by atoms with Gasteiger partial charge in [-0.3, -0.25) is 19.3 Å². The Hall–Kier alpha value is -4.36. The number of carbonyl (C=O) groups is 5. The number of likely N-dealkylation sites (tertiary alicyclic amines) is 1. The van der Waals surface area contributed by atoms with Crippen LogP contribution < -0.4 is 15.4 Å². The molecule has 0 radical (unpaired) electrons. The van der Waals surface area contributed by atoms with Crippen LogP contribution in [-0.2, 0) is 38.0 Å². The maximum atomic E-state index is 14.4. The molecule has 1 aromatic carbocycles. The van der Waals surface area contributed by atoms with E-state index in [4.69, 9.17) is 38.1 Å². The average Bonchev–Trinajstić information content (AvgIpc) is 3.94. The summed E-state index contributed by atoms with van der Waals surface area (Å²) in [5.41, 5.74) is -0.538. The van der Waals surface area contributed by atoms with Gasteiger partial charge >= 0.3 is 12.2 Å². The Labute approximate surface area is 382 Å². The Morgan fingerprint density at radius 1 is 0.812 bits per heavy atom. The molecule has 2 aromatic rings. The molecule has 0 bridgehead atoms. The molecule has 4 rings (SSSR count). The van der Waals surface area contributed by atoms with E-state index < -0.39 is 41.4 Å². The van der Waals surface area contributed by atoms with Gasteiger partial charge in [0.2, 0.25) is 17.6 Å². The third kappa shape index (κ3) is 17.9. The normalized spacial score (nSPS) is 16.8. The zero-order valence-electron chi connectivity index (χ0n) is 39.1. The number of rotatable bonds is 24. The maximum absolute atomic E-state index is 14.4. The first-order valence-corrected chi connectivity index (χ1v) is 23.4. The van der Waals surface area contributed by atoms with Crippen molar-refractivity contribution in [3.8, 4) is 5.75 Å². The highest BCUT2D eigenvalue weighted by Crippen LogP contribution is 2.37. The number of hydrogen-bond acceptors (Lipinski definition) is 14. The molecule has 1 saturated carbocycles. The molecule has 1 aromatic heterocycles. The minimum atomic E-state index is -0.857. The van der Waals surface area contributed by atoms with Gasteiger partial charge in [0, 0.05) is 31.1 Å². The molecule has 17 nitrogen and oxygen atoms in total. The second kappa shape index (κ2) is 26.0. The Bertz CT molecular complexity index is 1790. The summed E-state index contributed by atoms with van der Waals surface area (Å²) >= 11 is 1.35. The minimum Gasteiger partial charge on any atom is -0.491 e. The lowest BCUT2D eigenvalue weighted by Crippen LogP contribution is -2.56. The Balaban J connectivity index is 1.18. The van der Waals surface area contributed by atoms with E-state index in [9.17, 15) is 24.0 Å². The summed E-state index contributed by atoms with van der Waals surface area (Å²) < 4.78 is 38.6. The Morgan fingerprint density at radius 2 is 1.42 bits per heavy atom. The summed E-state index contributed by atoms with van der Waals surface area (Å²) in [5.74, 6) is -0.334. The van der Waals surface area contributed by atoms with Crippen LogP contribution in [0.25, 0.3) is 0 Å². The number of nitrogens with one attached hydrogen (secondary N) is 2. The first-order valence-electron chi connectivity index (χ1n) is 22.5. The summed E-state index contributed by atoms with van der Waals surface area (Å²) in [4.78, 5) is 73.9. The van der Waals surface area contributed by atoms with Crippen LogP contribution in [0, 0.1) is 5.92 Å². The fourth-order valence-electron chi connectivity index (χ4n) is 7.20. The molecule has 2 heterocycles. The first-order chi connectivity index (χ1) is 30.4. The molecule has 2 N–H and O–H groups in total. The van der Waals surface area contributed by atoms with E-state index in [1.807, 2.05) is 4.90 Å². The molecule has 2 fully saturated rings. The lowest BCUT2D eigenvalue weighted by molar-refractivity contribution is -0.140. The first kappa shape index (κ1) is 52.3. The molecule has 4 amide bonds. The molecule has 1 aliphatic heterocycles. The van der Waals surface area contributed by atoms with Gasteiger partial charge in [-0.1, -0.05) is 31.4 Å². The van der Waals surface area contributed by atoms with E-state index in [0.717, 1.165) is 38.5 Å². The number of carbonyl (C=O) groups excluding carboxylic acids is 5. The van der Waals surface area contributed by atoms with Gasteiger partial charge < -0.3 is 48.7 Å². The van der Waals surface area contributed by atoms with Gasteiger partial charge in [0.05, 0.1) is 58.9 Å². The topological polar surface area (TPSA) is 193 Å². The zero-order valence-corrected chi connectivity index (χ0v) is 39.9. The van der Waals surface area contributed by atoms with Crippen molar-refractivity contribution in [2.75, 3.05) is 79.6 Å². The fraction of sp³-hybridized carbons (Fsp3) is 0.696. The highest BCUT2D eigenvalue weighted by Gasteiger charge is 2.41. The minimum absolute atomic E-state index is 0.0296. The summed E-state index contributed by atoms with van der Waals surface area (Å²) in [6.45, 7) is 16.6. The third-order valence-electron chi connectivity index (χ3n) is 10.5. The molecule has 3 atom stereocenters. The van der Waals surface area contributed by atoms with E-state index in [1.165, 1.54) is 23.3 Å². The molecule has 64 heavy (non-hydrogen) atoms. The highest BCUT2D eigenvalue weighted by atomic mass is 32.1. The van der Waals surface area contributed by atoms with E-state index in [0.29, 0.717) is 94.4 Å².